The predicted molar refractivity (Wildman–Crippen MR) is 81.7 cm³/mol. The van der Waals surface area contributed by atoms with E-state index >= 15 is 0 Å². The molecule has 1 unspecified atom stereocenters. The van der Waals surface area contributed by atoms with Crippen molar-refractivity contribution >= 4 is 17.5 Å². The number of amides is 1. The van der Waals surface area contributed by atoms with Gasteiger partial charge in [0.25, 0.3) is 5.91 Å². The molecular formula is C16H24ClNO. The fraction of sp³-hybridized carbons (Fsp3) is 0.562. The fourth-order valence-electron chi connectivity index (χ4n) is 2.05. The number of rotatable bonds is 8. The minimum atomic E-state index is -0.00467. The van der Waals surface area contributed by atoms with Gasteiger partial charge in [-0.05, 0) is 31.0 Å². The van der Waals surface area contributed by atoms with Crippen molar-refractivity contribution in [2.75, 3.05) is 0 Å². The Kier molecular flexibility index (Phi) is 7.57. The SMILES string of the molecule is CCCCCCC(C)NC(=O)c1cccc(CCl)c1. The zero-order valence-electron chi connectivity index (χ0n) is 11.9. The first kappa shape index (κ1) is 16.0. The second-order valence-corrected chi connectivity index (χ2v) is 5.33. The number of unbranched alkanes of at least 4 members (excludes halogenated alkanes) is 3. The van der Waals surface area contributed by atoms with Crippen LogP contribution in [-0.2, 0) is 5.88 Å². The minimum Gasteiger partial charge on any atom is -0.350 e. The van der Waals surface area contributed by atoms with Crippen LogP contribution >= 0.6 is 11.6 Å². The zero-order chi connectivity index (χ0) is 14.1. The van der Waals surface area contributed by atoms with Crippen LogP contribution in [0.25, 0.3) is 0 Å². The molecule has 1 aromatic rings. The molecule has 0 fully saturated rings. The highest BCUT2D eigenvalue weighted by atomic mass is 35.5. The Labute approximate surface area is 121 Å². The number of halogens is 1. The highest BCUT2D eigenvalue weighted by molar-refractivity contribution is 6.17. The molecule has 1 aromatic carbocycles. The van der Waals surface area contributed by atoms with Crippen LogP contribution in [0.15, 0.2) is 24.3 Å². The average molecular weight is 282 g/mol. The normalized spacial score (nSPS) is 12.2. The summed E-state index contributed by atoms with van der Waals surface area (Å²) in [5, 5.41) is 3.04. The van der Waals surface area contributed by atoms with Crippen molar-refractivity contribution in [2.24, 2.45) is 0 Å². The number of alkyl halides is 1. The molecule has 19 heavy (non-hydrogen) atoms. The van der Waals surface area contributed by atoms with Crippen LogP contribution in [0.5, 0.6) is 0 Å². The first-order chi connectivity index (χ1) is 9.17. The van der Waals surface area contributed by atoms with E-state index in [1.807, 2.05) is 24.3 Å². The first-order valence-electron chi connectivity index (χ1n) is 7.13. The van der Waals surface area contributed by atoms with Gasteiger partial charge in [0.1, 0.15) is 0 Å². The topological polar surface area (TPSA) is 29.1 Å². The number of benzene rings is 1. The van der Waals surface area contributed by atoms with E-state index in [1.54, 1.807) is 0 Å². The third kappa shape index (κ3) is 6.11. The Morgan fingerprint density at radius 1 is 1.32 bits per heavy atom. The van der Waals surface area contributed by atoms with Crippen molar-refractivity contribution in [1.29, 1.82) is 0 Å². The highest BCUT2D eigenvalue weighted by Gasteiger charge is 2.09. The molecule has 2 nitrogen and oxygen atoms in total. The van der Waals surface area contributed by atoms with E-state index in [-0.39, 0.29) is 11.9 Å². The van der Waals surface area contributed by atoms with Crippen LogP contribution < -0.4 is 5.32 Å². The van der Waals surface area contributed by atoms with E-state index in [0.29, 0.717) is 11.4 Å². The third-order valence-corrected chi connectivity index (χ3v) is 3.52. The van der Waals surface area contributed by atoms with Crippen LogP contribution in [0.2, 0.25) is 0 Å². The quantitative estimate of drug-likeness (QED) is 0.551. The van der Waals surface area contributed by atoms with Crippen molar-refractivity contribution in [3.05, 3.63) is 35.4 Å². The Morgan fingerprint density at radius 2 is 2.11 bits per heavy atom. The molecule has 0 saturated heterocycles. The van der Waals surface area contributed by atoms with Gasteiger partial charge < -0.3 is 5.32 Å². The Morgan fingerprint density at radius 3 is 2.79 bits per heavy atom. The molecule has 0 bridgehead atoms. The summed E-state index contributed by atoms with van der Waals surface area (Å²) in [7, 11) is 0. The van der Waals surface area contributed by atoms with Gasteiger partial charge >= 0.3 is 0 Å². The lowest BCUT2D eigenvalue weighted by Crippen LogP contribution is -2.32. The smallest absolute Gasteiger partial charge is 0.251 e. The van der Waals surface area contributed by atoms with Crippen LogP contribution in [0, 0.1) is 0 Å². The van der Waals surface area contributed by atoms with Gasteiger partial charge in [0.15, 0.2) is 0 Å². The molecule has 0 spiro atoms. The Bertz CT molecular complexity index is 392. The molecule has 0 radical (unpaired) electrons. The van der Waals surface area contributed by atoms with E-state index in [2.05, 4.69) is 19.2 Å². The van der Waals surface area contributed by atoms with Gasteiger partial charge in [-0.1, -0.05) is 44.7 Å². The summed E-state index contributed by atoms with van der Waals surface area (Å²) >= 11 is 5.78. The van der Waals surface area contributed by atoms with Crippen molar-refractivity contribution in [2.45, 2.75) is 57.9 Å². The second-order valence-electron chi connectivity index (χ2n) is 5.06. The highest BCUT2D eigenvalue weighted by Crippen LogP contribution is 2.09. The largest absolute Gasteiger partial charge is 0.350 e. The number of carbonyl (C=O) groups is 1. The van der Waals surface area contributed by atoms with E-state index in [1.165, 1.54) is 25.7 Å². The summed E-state index contributed by atoms with van der Waals surface area (Å²) in [6, 6.07) is 7.71. The molecule has 3 heteroatoms. The summed E-state index contributed by atoms with van der Waals surface area (Å²) < 4.78 is 0. The monoisotopic (exact) mass is 281 g/mol. The number of nitrogens with one attached hydrogen (secondary N) is 1. The van der Waals surface area contributed by atoms with Gasteiger partial charge in [-0.15, -0.1) is 11.6 Å². The van der Waals surface area contributed by atoms with E-state index in [4.69, 9.17) is 11.6 Å². The minimum absolute atomic E-state index is 0.00467. The lowest BCUT2D eigenvalue weighted by atomic mass is 10.1. The molecule has 1 atom stereocenters. The molecule has 1 N–H and O–H groups in total. The van der Waals surface area contributed by atoms with Gasteiger partial charge in [-0.25, -0.2) is 0 Å². The Hall–Kier alpha value is -1.02. The zero-order valence-corrected chi connectivity index (χ0v) is 12.7. The number of hydrogen-bond acceptors (Lipinski definition) is 1. The van der Waals surface area contributed by atoms with Gasteiger partial charge in [0.2, 0.25) is 0 Å². The van der Waals surface area contributed by atoms with Crippen LogP contribution in [0.1, 0.15) is 61.9 Å². The Balaban J connectivity index is 2.40. The maximum atomic E-state index is 12.1. The molecule has 0 aliphatic rings. The maximum Gasteiger partial charge on any atom is 0.251 e. The lowest BCUT2D eigenvalue weighted by molar-refractivity contribution is 0.0938. The summed E-state index contributed by atoms with van der Waals surface area (Å²) in [6.07, 6.45) is 5.99. The second kappa shape index (κ2) is 8.98. The predicted octanol–water partition coefficient (Wildman–Crippen LogP) is 4.51. The van der Waals surface area contributed by atoms with Crippen LogP contribution in [0.3, 0.4) is 0 Å². The molecule has 0 aliphatic heterocycles. The van der Waals surface area contributed by atoms with Crippen LogP contribution in [-0.4, -0.2) is 11.9 Å². The fourth-order valence-corrected chi connectivity index (χ4v) is 2.22. The first-order valence-corrected chi connectivity index (χ1v) is 7.66. The van der Waals surface area contributed by atoms with Gasteiger partial charge in [0.05, 0.1) is 0 Å². The van der Waals surface area contributed by atoms with Crippen molar-refractivity contribution in [1.82, 2.24) is 5.32 Å². The maximum absolute atomic E-state index is 12.1. The molecule has 0 saturated carbocycles. The average Bonchev–Trinajstić information content (AvgIpc) is 2.43. The van der Waals surface area contributed by atoms with E-state index < -0.39 is 0 Å². The van der Waals surface area contributed by atoms with Crippen molar-refractivity contribution in [3.63, 3.8) is 0 Å². The third-order valence-electron chi connectivity index (χ3n) is 3.21. The summed E-state index contributed by atoms with van der Waals surface area (Å²) in [4.78, 5) is 12.1. The van der Waals surface area contributed by atoms with Crippen molar-refractivity contribution in [3.8, 4) is 0 Å². The summed E-state index contributed by atoms with van der Waals surface area (Å²) in [5.74, 6) is 0.434. The van der Waals surface area contributed by atoms with Crippen LogP contribution in [0.4, 0.5) is 0 Å². The molecule has 106 valence electrons. The van der Waals surface area contributed by atoms with E-state index in [0.717, 1.165) is 12.0 Å². The number of hydrogen-bond donors (Lipinski definition) is 1. The lowest BCUT2D eigenvalue weighted by Gasteiger charge is -2.14. The molecule has 0 heterocycles. The molecule has 1 rings (SSSR count). The van der Waals surface area contributed by atoms with Gasteiger partial charge in [0, 0.05) is 17.5 Å². The summed E-state index contributed by atoms with van der Waals surface area (Å²) in [6.45, 7) is 4.27. The van der Waals surface area contributed by atoms with Crippen molar-refractivity contribution < 1.29 is 4.79 Å². The molecule has 0 aliphatic carbocycles. The summed E-state index contributed by atoms with van der Waals surface area (Å²) in [5.41, 5.74) is 1.67. The standard InChI is InChI=1S/C16H24ClNO/c1-3-4-5-6-8-13(2)18-16(19)15-10-7-9-14(11-15)12-17/h7,9-11,13H,3-6,8,12H2,1-2H3,(H,18,19). The molecule has 1 amide bonds. The molecular weight excluding hydrogens is 258 g/mol. The van der Waals surface area contributed by atoms with Gasteiger partial charge in [-0.2, -0.15) is 0 Å². The number of carbonyl (C=O) groups excluding carboxylic acids is 1. The van der Waals surface area contributed by atoms with E-state index in [9.17, 15) is 4.79 Å². The van der Waals surface area contributed by atoms with Gasteiger partial charge in [-0.3, -0.25) is 4.79 Å². The molecule has 0 aromatic heterocycles.